The first-order chi connectivity index (χ1) is 8.37. The fraction of sp³-hybridized carbons (Fsp3) is 1.00. The van der Waals surface area contributed by atoms with Crippen LogP contribution in [0.25, 0.3) is 0 Å². The van der Waals surface area contributed by atoms with Crippen molar-refractivity contribution in [3.63, 3.8) is 0 Å². The van der Waals surface area contributed by atoms with Gasteiger partial charge in [0.2, 0.25) is 10.5 Å². The molecule has 0 spiro atoms. The lowest BCUT2D eigenvalue weighted by Gasteiger charge is -2.36. The summed E-state index contributed by atoms with van der Waals surface area (Å²) in [4.78, 5) is 10.4. The van der Waals surface area contributed by atoms with Crippen molar-refractivity contribution >= 4 is 29.1 Å². The Morgan fingerprint density at radius 3 is 2.28 bits per heavy atom. The molecule has 0 amide bonds. The van der Waals surface area contributed by atoms with E-state index < -0.39 is 8.56 Å². The quantitative estimate of drug-likeness (QED) is 0.470. The van der Waals surface area contributed by atoms with Crippen molar-refractivity contribution in [1.82, 2.24) is 0 Å². The van der Waals surface area contributed by atoms with Crippen molar-refractivity contribution in [2.24, 2.45) is 0 Å². The third-order valence-corrected chi connectivity index (χ3v) is 8.71. The summed E-state index contributed by atoms with van der Waals surface area (Å²) in [5.74, 6) is 0. The number of hydrogen-bond acceptors (Lipinski definition) is 3. The highest BCUT2D eigenvalue weighted by Gasteiger charge is 2.44. The molecule has 0 fully saturated rings. The van der Waals surface area contributed by atoms with Crippen LogP contribution >= 0.6 is 0 Å². The van der Waals surface area contributed by atoms with Crippen molar-refractivity contribution in [3.05, 3.63) is 0 Å². The Kier molecular flexibility index (Phi) is 9.72. The summed E-state index contributed by atoms with van der Waals surface area (Å²) < 4.78 is 10.2. The molecule has 0 aliphatic carbocycles. The Balaban J connectivity index is 3.90. The SMILES string of the molecule is CCCCCCCCC(C)(C)[Si](C)(O)O[Si]O[Si]. The van der Waals surface area contributed by atoms with Gasteiger partial charge in [-0.15, -0.1) is 0 Å². The van der Waals surface area contributed by atoms with Crippen LogP contribution in [0.4, 0.5) is 0 Å². The lowest BCUT2D eigenvalue weighted by molar-refractivity contribution is 0.303. The van der Waals surface area contributed by atoms with Crippen LogP contribution in [-0.2, 0) is 8.23 Å². The molecule has 0 aromatic rings. The van der Waals surface area contributed by atoms with E-state index in [9.17, 15) is 4.80 Å². The van der Waals surface area contributed by atoms with E-state index >= 15 is 0 Å². The summed E-state index contributed by atoms with van der Waals surface area (Å²) in [6, 6.07) is 0. The zero-order chi connectivity index (χ0) is 14.1. The summed E-state index contributed by atoms with van der Waals surface area (Å²) in [5, 5.41) is -0.129. The molecule has 0 saturated carbocycles. The van der Waals surface area contributed by atoms with Crippen LogP contribution in [-0.4, -0.2) is 33.8 Å². The maximum atomic E-state index is 10.4. The van der Waals surface area contributed by atoms with Gasteiger partial charge in [0.25, 0.3) is 0 Å². The molecule has 105 valence electrons. The van der Waals surface area contributed by atoms with Crippen LogP contribution in [0, 0.1) is 0 Å². The smallest absolute Gasteiger partial charge is 0.411 e. The molecule has 5 radical (unpaired) electrons. The van der Waals surface area contributed by atoms with Crippen LogP contribution < -0.4 is 0 Å². The van der Waals surface area contributed by atoms with Gasteiger partial charge in [-0.1, -0.05) is 59.3 Å². The van der Waals surface area contributed by atoms with Gasteiger partial charge in [-0.3, -0.25) is 0 Å². The third-order valence-electron chi connectivity index (χ3n) is 3.69. The highest BCUT2D eigenvalue weighted by Crippen LogP contribution is 2.40. The summed E-state index contributed by atoms with van der Waals surface area (Å²) in [7, 11) is 0.101. The maximum Gasteiger partial charge on any atom is 0.411 e. The van der Waals surface area contributed by atoms with Crippen molar-refractivity contribution in [3.8, 4) is 0 Å². The number of hydrogen-bond donors (Lipinski definition) is 1. The van der Waals surface area contributed by atoms with Crippen LogP contribution in [0.2, 0.25) is 11.6 Å². The highest BCUT2D eigenvalue weighted by atomic mass is 28.4. The van der Waals surface area contributed by atoms with E-state index in [-0.39, 0.29) is 15.0 Å². The summed E-state index contributed by atoms with van der Waals surface area (Å²) >= 11 is 0. The maximum absolute atomic E-state index is 10.4. The van der Waals surface area contributed by atoms with E-state index in [0.29, 0.717) is 0 Å². The molecule has 0 aromatic carbocycles. The Hall–Kier alpha value is 0.531. The van der Waals surface area contributed by atoms with E-state index in [0.717, 1.165) is 6.42 Å². The minimum atomic E-state index is -2.67. The van der Waals surface area contributed by atoms with Crippen molar-refractivity contribution in [2.45, 2.75) is 77.3 Å². The number of unbranched alkanes of at least 4 members (excludes halogenated alkanes) is 5. The van der Waals surface area contributed by atoms with Gasteiger partial charge < -0.3 is 13.0 Å². The first kappa shape index (κ1) is 18.5. The Morgan fingerprint density at radius 2 is 1.72 bits per heavy atom. The predicted octanol–water partition coefficient (Wildman–Crippen LogP) is 3.23. The van der Waals surface area contributed by atoms with Gasteiger partial charge in [-0.05, 0) is 13.0 Å². The van der Waals surface area contributed by atoms with Gasteiger partial charge in [-0.2, -0.15) is 0 Å². The zero-order valence-electron chi connectivity index (χ0n) is 12.2. The third kappa shape index (κ3) is 7.20. The molecule has 0 aliphatic heterocycles. The molecule has 1 atom stereocenters. The van der Waals surface area contributed by atoms with E-state index in [1.807, 2.05) is 6.55 Å². The van der Waals surface area contributed by atoms with Crippen LogP contribution in [0.5, 0.6) is 0 Å². The lowest BCUT2D eigenvalue weighted by atomic mass is 10.0. The normalized spacial score (nSPS) is 15.7. The van der Waals surface area contributed by atoms with E-state index in [2.05, 4.69) is 31.3 Å². The van der Waals surface area contributed by atoms with E-state index in [1.165, 1.54) is 38.5 Å². The Labute approximate surface area is 120 Å². The molecule has 0 bridgehead atoms. The molecule has 6 heteroatoms. The standard InChI is InChI=1S/C12H27O3Si3/c1-5-6-7-8-9-10-11-12(2,3)18(4,13)15-17-14-16/h13H,5-11H2,1-4H3. The van der Waals surface area contributed by atoms with Gasteiger partial charge >= 0.3 is 18.6 Å². The zero-order valence-corrected chi connectivity index (χ0v) is 15.2. The second kappa shape index (κ2) is 9.44. The fourth-order valence-corrected chi connectivity index (χ4v) is 4.76. The highest BCUT2D eigenvalue weighted by molar-refractivity contribution is 6.71. The van der Waals surface area contributed by atoms with E-state index in [1.54, 1.807) is 0 Å². The molecule has 0 heterocycles. The molecular weight excluding hydrogens is 276 g/mol. The predicted molar refractivity (Wildman–Crippen MR) is 79.5 cm³/mol. The lowest BCUT2D eigenvalue weighted by Crippen LogP contribution is -2.47. The molecule has 0 aromatic heterocycles. The van der Waals surface area contributed by atoms with Crippen LogP contribution in [0.15, 0.2) is 0 Å². The second-order valence-electron chi connectivity index (χ2n) is 5.67. The average Bonchev–Trinajstić information content (AvgIpc) is 2.31. The molecule has 3 nitrogen and oxygen atoms in total. The van der Waals surface area contributed by atoms with Crippen LogP contribution in [0.3, 0.4) is 0 Å². The van der Waals surface area contributed by atoms with Gasteiger partial charge in [-0.25, -0.2) is 0 Å². The molecule has 1 unspecified atom stereocenters. The molecule has 0 saturated heterocycles. The minimum Gasteiger partial charge on any atom is -0.435 e. The first-order valence-corrected chi connectivity index (χ1v) is 10.4. The van der Waals surface area contributed by atoms with Gasteiger partial charge in [0.15, 0.2) is 0 Å². The topological polar surface area (TPSA) is 38.7 Å². The molecule has 0 rings (SSSR count). The van der Waals surface area contributed by atoms with Crippen molar-refractivity contribution < 1.29 is 13.0 Å². The van der Waals surface area contributed by atoms with Crippen molar-refractivity contribution in [2.75, 3.05) is 0 Å². The summed E-state index contributed by atoms with van der Waals surface area (Å²) in [5.41, 5.74) is 0. The molecule has 0 aliphatic rings. The molecular formula is C12H27O3Si3. The average molecular weight is 304 g/mol. The molecule has 1 N–H and O–H groups in total. The van der Waals surface area contributed by atoms with Gasteiger partial charge in [0.05, 0.1) is 0 Å². The largest absolute Gasteiger partial charge is 0.435 e. The monoisotopic (exact) mass is 303 g/mol. The fourth-order valence-electron chi connectivity index (χ4n) is 1.82. The van der Waals surface area contributed by atoms with E-state index in [4.69, 9.17) is 8.23 Å². The van der Waals surface area contributed by atoms with Crippen LogP contribution in [0.1, 0.15) is 65.7 Å². The Bertz CT molecular complexity index is 211. The first-order valence-electron chi connectivity index (χ1n) is 6.85. The minimum absolute atomic E-state index is 0.129. The van der Waals surface area contributed by atoms with Gasteiger partial charge in [0.1, 0.15) is 0 Å². The Morgan fingerprint density at radius 1 is 1.17 bits per heavy atom. The van der Waals surface area contributed by atoms with Gasteiger partial charge in [0, 0.05) is 5.04 Å². The number of rotatable bonds is 11. The summed E-state index contributed by atoms with van der Waals surface area (Å²) in [6.45, 7) is 8.28. The van der Waals surface area contributed by atoms with Crippen molar-refractivity contribution in [1.29, 1.82) is 0 Å². The second-order valence-corrected chi connectivity index (χ2v) is 10.8. The summed E-state index contributed by atoms with van der Waals surface area (Å²) in [6.07, 6.45) is 8.70. The molecule has 18 heavy (non-hydrogen) atoms.